The summed E-state index contributed by atoms with van der Waals surface area (Å²) in [6.45, 7) is 0.559. The molecule has 0 saturated heterocycles. The standard InChI is InChI=1S/C16H15NO4.ClH/c17-12(11-2-4-14-16(7-11)21-9-19-14)5-10-1-3-13-15(6-10)20-8-18-13;/h1-4,6-7,12H,5,8-9,17H2;1H. The van der Waals surface area contributed by atoms with Gasteiger partial charge in [0.05, 0.1) is 0 Å². The summed E-state index contributed by atoms with van der Waals surface area (Å²) in [5, 5.41) is 0. The highest BCUT2D eigenvalue weighted by Crippen LogP contribution is 2.36. The van der Waals surface area contributed by atoms with Crippen molar-refractivity contribution < 1.29 is 18.9 Å². The van der Waals surface area contributed by atoms with Crippen molar-refractivity contribution >= 4 is 12.4 Å². The Balaban J connectivity index is 0.00000144. The second-order valence-electron chi connectivity index (χ2n) is 5.11. The fourth-order valence-corrected chi connectivity index (χ4v) is 2.58. The zero-order chi connectivity index (χ0) is 14.2. The van der Waals surface area contributed by atoms with E-state index in [2.05, 4.69) is 0 Å². The van der Waals surface area contributed by atoms with E-state index < -0.39 is 0 Å². The zero-order valence-corrected chi connectivity index (χ0v) is 12.6. The van der Waals surface area contributed by atoms with Gasteiger partial charge in [-0.2, -0.15) is 0 Å². The Labute approximate surface area is 134 Å². The largest absolute Gasteiger partial charge is 0.454 e. The van der Waals surface area contributed by atoms with E-state index in [0.29, 0.717) is 0 Å². The molecule has 0 radical (unpaired) electrons. The molecule has 0 aromatic heterocycles. The highest BCUT2D eigenvalue weighted by Gasteiger charge is 2.18. The molecule has 0 fully saturated rings. The van der Waals surface area contributed by atoms with Crippen molar-refractivity contribution in [2.24, 2.45) is 5.73 Å². The van der Waals surface area contributed by atoms with Crippen LogP contribution in [0, 0.1) is 0 Å². The van der Waals surface area contributed by atoms with Crippen LogP contribution in [0.2, 0.25) is 0 Å². The van der Waals surface area contributed by atoms with Crippen LogP contribution in [0.15, 0.2) is 36.4 Å². The first-order chi connectivity index (χ1) is 10.3. The molecular weight excluding hydrogens is 306 g/mol. The summed E-state index contributed by atoms with van der Waals surface area (Å²) >= 11 is 0. The van der Waals surface area contributed by atoms with E-state index in [1.165, 1.54) is 0 Å². The van der Waals surface area contributed by atoms with E-state index in [4.69, 9.17) is 24.7 Å². The van der Waals surface area contributed by atoms with E-state index in [-0.39, 0.29) is 32.0 Å². The SMILES string of the molecule is Cl.NC(Cc1ccc2c(c1)OCO2)c1ccc2c(c1)OCO2. The molecule has 6 heteroatoms. The van der Waals surface area contributed by atoms with Gasteiger partial charge in [-0.25, -0.2) is 0 Å². The maximum atomic E-state index is 6.30. The lowest BCUT2D eigenvalue weighted by atomic mass is 9.99. The Hall–Kier alpha value is -2.11. The van der Waals surface area contributed by atoms with Gasteiger partial charge in [-0.3, -0.25) is 0 Å². The van der Waals surface area contributed by atoms with Gasteiger partial charge in [0.15, 0.2) is 23.0 Å². The van der Waals surface area contributed by atoms with Crippen LogP contribution in [0.4, 0.5) is 0 Å². The van der Waals surface area contributed by atoms with E-state index in [0.717, 1.165) is 40.5 Å². The third-order valence-corrected chi connectivity index (χ3v) is 3.72. The molecule has 1 unspecified atom stereocenters. The molecule has 2 heterocycles. The molecule has 2 aliphatic rings. The third kappa shape index (κ3) is 2.65. The molecule has 116 valence electrons. The normalized spacial score (nSPS) is 15.3. The minimum atomic E-state index is -0.111. The van der Waals surface area contributed by atoms with Gasteiger partial charge >= 0.3 is 0 Å². The molecule has 22 heavy (non-hydrogen) atoms. The summed E-state index contributed by atoms with van der Waals surface area (Å²) < 4.78 is 21.4. The van der Waals surface area contributed by atoms with Gasteiger partial charge in [-0.05, 0) is 41.8 Å². The molecule has 0 aliphatic carbocycles. The summed E-state index contributed by atoms with van der Waals surface area (Å²) in [5.41, 5.74) is 8.44. The average Bonchev–Trinajstić information content (AvgIpc) is 3.14. The lowest BCUT2D eigenvalue weighted by Crippen LogP contribution is -2.13. The molecule has 4 rings (SSSR count). The van der Waals surface area contributed by atoms with Gasteiger partial charge in [0.2, 0.25) is 13.6 Å². The number of rotatable bonds is 3. The average molecular weight is 322 g/mol. The van der Waals surface area contributed by atoms with Crippen molar-refractivity contribution in [1.29, 1.82) is 0 Å². The van der Waals surface area contributed by atoms with Crippen molar-refractivity contribution in [1.82, 2.24) is 0 Å². The van der Waals surface area contributed by atoms with Gasteiger partial charge in [0.1, 0.15) is 0 Å². The molecule has 2 aromatic carbocycles. The predicted molar refractivity (Wildman–Crippen MR) is 83.0 cm³/mol. The smallest absolute Gasteiger partial charge is 0.231 e. The lowest BCUT2D eigenvalue weighted by molar-refractivity contribution is 0.173. The number of ether oxygens (including phenoxy) is 4. The molecule has 0 saturated carbocycles. The topological polar surface area (TPSA) is 62.9 Å². The minimum Gasteiger partial charge on any atom is -0.454 e. The second-order valence-corrected chi connectivity index (χ2v) is 5.11. The Morgan fingerprint density at radius 1 is 0.818 bits per heavy atom. The Morgan fingerprint density at radius 3 is 2.14 bits per heavy atom. The van der Waals surface area contributed by atoms with Gasteiger partial charge in [0, 0.05) is 6.04 Å². The van der Waals surface area contributed by atoms with Crippen LogP contribution in [-0.2, 0) is 6.42 Å². The van der Waals surface area contributed by atoms with E-state index in [1.807, 2.05) is 36.4 Å². The van der Waals surface area contributed by atoms with Crippen LogP contribution < -0.4 is 24.7 Å². The summed E-state index contributed by atoms with van der Waals surface area (Å²) in [6.07, 6.45) is 0.719. The van der Waals surface area contributed by atoms with Crippen molar-refractivity contribution in [2.75, 3.05) is 13.6 Å². The fourth-order valence-electron chi connectivity index (χ4n) is 2.58. The van der Waals surface area contributed by atoms with Crippen molar-refractivity contribution in [3.05, 3.63) is 47.5 Å². The van der Waals surface area contributed by atoms with Crippen molar-refractivity contribution in [2.45, 2.75) is 12.5 Å². The summed E-state index contributed by atoms with van der Waals surface area (Å²) in [7, 11) is 0. The van der Waals surface area contributed by atoms with Crippen molar-refractivity contribution in [3.8, 4) is 23.0 Å². The van der Waals surface area contributed by atoms with Crippen LogP contribution in [0.25, 0.3) is 0 Å². The number of halogens is 1. The highest BCUT2D eigenvalue weighted by atomic mass is 35.5. The van der Waals surface area contributed by atoms with Crippen molar-refractivity contribution in [3.63, 3.8) is 0 Å². The van der Waals surface area contributed by atoms with Crippen LogP contribution in [0.3, 0.4) is 0 Å². The molecular formula is C16H16ClNO4. The Kier molecular flexibility index (Phi) is 4.00. The van der Waals surface area contributed by atoms with E-state index in [1.54, 1.807) is 0 Å². The van der Waals surface area contributed by atoms with Crippen LogP contribution in [0.1, 0.15) is 17.2 Å². The first-order valence-electron chi connectivity index (χ1n) is 6.83. The van der Waals surface area contributed by atoms with Crippen LogP contribution in [-0.4, -0.2) is 13.6 Å². The first kappa shape index (κ1) is 14.8. The molecule has 2 aromatic rings. The van der Waals surface area contributed by atoms with Gasteiger partial charge in [-0.15, -0.1) is 12.4 Å². The molecule has 5 nitrogen and oxygen atoms in total. The number of fused-ring (bicyclic) bond motifs is 2. The maximum absolute atomic E-state index is 6.30. The fraction of sp³-hybridized carbons (Fsp3) is 0.250. The molecule has 0 bridgehead atoms. The lowest BCUT2D eigenvalue weighted by Gasteiger charge is -2.13. The Morgan fingerprint density at radius 2 is 1.41 bits per heavy atom. The van der Waals surface area contributed by atoms with Gasteiger partial charge in [0.25, 0.3) is 0 Å². The number of benzene rings is 2. The summed E-state index contributed by atoms with van der Waals surface area (Å²) in [5.74, 6) is 3.10. The molecule has 0 spiro atoms. The molecule has 2 aliphatic heterocycles. The van der Waals surface area contributed by atoms with E-state index in [9.17, 15) is 0 Å². The zero-order valence-electron chi connectivity index (χ0n) is 11.8. The minimum absolute atomic E-state index is 0. The second kappa shape index (κ2) is 5.94. The molecule has 2 N–H and O–H groups in total. The Bertz CT molecular complexity index is 692. The molecule has 1 atom stereocenters. The van der Waals surface area contributed by atoms with Gasteiger partial charge < -0.3 is 24.7 Å². The van der Waals surface area contributed by atoms with E-state index >= 15 is 0 Å². The third-order valence-electron chi connectivity index (χ3n) is 3.72. The summed E-state index contributed by atoms with van der Waals surface area (Å²) in [6, 6.07) is 11.6. The number of hydrogen-bond donors (Lipinski definition) is 1. The predicted octanol–water partition coefficient (Wildman–Crippen LogP) is 2.81. The first-order valence-corrected chi connectivity index (χ1v) is 6.83. The van der Waals surface area contributed by atoms with Crippen LogP contribution >= 0.6 is 12.4 Å². The number of nitrogens with two attached hydrogens (primary N) is 1. The summed E-state index contributed by atoms with van der Waals surface area (Å²) in [4.78, 5) is 0. The molecule has 0 amide bonds. The maximum Gasteiger partial charge on any atom is 0.231 e. The quantitative estimate of drug-likeness (QED) is 0.942. The van der Waals surface area contributed by atoms with Crippen LogP contribution in [0.5, 0.6) is 23.0 Å². The number of hydrogen-bond acceptors (Lipinski definition) is 5. The highest BCUT2D eigenvalue weighted by molar-refractivity contribution is 5.85. The monoisotopic (exact) mass is 321 g/mol. The van der Waals surface area contributed by atoms with Gasteiger partial charge in [-0.1, -0.05) is 12.1 Å².